The van der Waals surface area contributed by atoms with Crippen molar-refractivity contribution in [2.45, 2.75) is 37.9 Å². The highest BCUT2D eigenvalue weighted by Gasteiger charge is 2.36. The van der Waals surface area contributed by atoms with E-state index in [4.69, 9.17) is 23.2 Å². The number of Topliss-reactive ketones (excluding diaryl/α,β-unsaturated/α-hetero) is 1. The molecule has 0 spiro atoms. The first-order chi connectivity index (χ1) is 4.80. The molecule has 0 heterocycles. The zero-order valence-electron chi connectivity index (χ0n) is 7.32. The van der Waals surface area contributed by atoms with Crippen LogP contribution in [0, 0.1) is 5.92 Å². The molecule has 0 aromatic rings. The van der Waals surface area contributed by atoms with Gasteiger partial charge < -0.3 is 0 Å². The maximum Gasteiger partial charge on any atom is 0.157 e. The lowest BCUT2D eigenvalue weighted by molar-refractivity contribution is -0.124. The Balaban J connectivity index is 4.43. The molecule has 0 aliphatic heterocycles. The fraction of sp³-hybridized carbons (Fsp3) is 0.875. The van der Waals surface area contributed by atoms with Gasteiger partial charge in [-0.05, 0) is 13.8 Å². The molecule has 11 heavy (non-hydrogen) atoms. The summed E-state index contributed by atoms with van der Waals surface area (Å²) in [7, 11) is 0. The van der Waals surface area contributed by atoms with Crippen molar-refractivity contribution in [2.75, 3.05) is 0 Å². The molecule has 0 aromatic carbocycles. The Morgan fingerprint density at radius 2 is 1.73 bits per heavy atom. The third kappa shape index (κ3) is 2.64. The molecule has 0 amide bonds. The standard InChI is InChI=1S/C8H14Cl2O/c1-5(2)7(11)8(4,10)6(3)9/h5-6H,1-4H3/t6-,8-/m0/s1. The van der Waals surface area contributed by atoms with Crippen LogP contribution in [-0.4, -0.2) is 16.0 Å². The molecule has 0 saturated carbocycles. The van der Waals surface area contributed by atoms with Crippen LogP contribution >= 0.6 is 23.2 Å². The second kappa shape index (κ2) is 3.77. The Labute approximate surface area is 78.1 Å². The Morgan fingerprint density at radius 3 is 1.82 bits per heavy atom. The fourth-order valence-electron chi connectivity index (χ4n) is 0.760. The maximum absolute atomic E-state index is 11.4. The van der Waals surface area contributed by atoms with Gasteiger partial charge in [0, 0.05) is 5.92 Å². The predicted octanol–water partition coefficient (Wildman–Crippen LogP) is 2.84. The normalized spacial score (nSPS) is 19.5. The Hall–Kier alpha value is 0.250. The highest BCUT2D eigenvalue weighted by atomic mass is 35.5. The van der Waals surface area contributed by atoms with Gasteiger partial charge in [0.15, 0.2) is 5.78 Å². The van der Waals surface area contributed by atoms with Crippen molar-refractivity contribution in [3.8, 4) is 0 Å². The number of carbonyl (C=O) groups is 1. The summed E-state index contributed by atoms with van der Waals surface area (Å²) >= 11 is 11.7. The zero-order chi connectivity index (χ0) is 9.23. The Kier molecular flexibility index (Phi) is 3.86. The van der Waals surface area contributed by atoms with Crippen LogP contribution in [0.1, 0.15) is 27.7 Å². The van der Waals surface area contributed by atoms with E-state index in [0.29, 0.717) is 0 Å². The SMILES string of the molecule is CC(C)C(=O)[C@@](C)(Cl)[C@H](C)Cl. The van der Waals surface area contributed by atoms with E-state index in [2.05, 4.69) is 0 Å². The van der Waals surface area contributed by atoms with Crippen molar-refractivity contribution < 1.29 is 4.79 Å². The van der Waals surface area contributed by atoms with Crippen LogP contribution in [-0.2, 0) is 4.79 Å². The predicted molar refractivity (Wildman–Crippen MR) is 49.4 cm³/mol. The topological polar surface area (TPSA) is 17.1 Å². The quantitative estimate of drug-likeness (QED) is 0.635. The van der Waals surface area contributed by atoms with Crippen molar-refractivity contribution in [3.63, 3.8) is 0 Å². The summed E-state index contributed by atoms with van der Waals surface area (Å²) in [5.41, 5.74) is 0. The summed E-state index contributed by atoms with van der Waals surface area (Å²) in [4.78, 5) is 10.5. The molecule has 3 heteroatoms. The lowest BCUT2D eigenvalue weighted by Crippen LogP contribution is -2.39. The van der Waals surface area contributed by atoms with Crippen LogP contribution in [0.2, 0.25) is 0 Å². The third-order valence-corrected chi connectivity index (χ3v) is 2.81. The van der Waals surface area contributed by atoms with E-state index in [1.54, 1.807) is 13.8 Å². The number of hydrogen-bond donors (Lipinski definition) is 0. The lowest BCUT2D eigenvalue weighted by atomic mass is 9.94. The molecule has 0 saturated heterocycles. The summed E-state index contributed by atoms with van der Waals surface area (Å²) in [6, 6.07) is 0. The first-order valence-electron chi connectivity index (χ1n) is 3.67. The van der Waals surface area contributed by atoms with Gasteiger partial charge in [0.25, 0.3) is 0 Å². The van der Waals surface area contributed by atoms with Crippen LogP contribution in [0.4, 0.5) is 0 Å². The highest BCUT2D eigenvalue weighted by molar-refractivity contribution is 6.41. The average molecular weight is 197 g/mol. The second-order valence-electron chi connectivity index (χ2n) is 3.21. The van der Waals surface area contributed by atoms with E-state index in [1.165, 1.54) is 0 Å². The van der Waals surface area contributed by atoms with Gasteiger partial charge in [-0.3, -0.25) is 4.79 Å². The van der Waals surface area contributed by atoms with Crippen molar-refractivity contribution in [2.24, 2.45) is 5.92 Å². The number of hydrogen-bond acceptors (Lipinski definition) is 1. The van der Waals surface area contributed by atoms with Gasteiger partial charge in [-0.1, -0.05) is 13.8 Å². The van der Waals surface area contributed by atoms with Crippen LogP contribution in [0.25, 0.3) is 0 Å². The molecule has 0 bridgehead atoms. The molecule has 1 nitrogen and oxygen atoms in total. The monoisotopic (exact) mass is 196 g/mol. The van der Waals surface area contributed by atoms with E-state index in [0.717, 1.165) is 0 Å². The zero-order valence-corrected chi connectivity index (χ0v) is 8.83. The molecule has 2 atom stereocenters. The van der Waals surface area contributed by atoms with Crippen molar-refractivity contribution in [1.29, 1.82) is 0 Å². The van der Waals surface area contributed by atoms with Gasteiger partial charge in [0.1, 0.15) is 4.87 Å². The molecule has 0 radical (unpaired) electrons. The number of rotatable bonds is 3. The first-order valence-corrected chi connectivity index (χ1v) is 4.49. The molecule has 0 aromatic heterocycles. The summed E-state index contributed by atoms with van der Waals surface area (Å²) in [5.74, 6) is -0.0552. The van der Waals surface area contributed by atoms with Crippen LogP contribution in [0.3, 0.4) is 0 Å². The van der Waals surface area contributed by atoms with Crippen LogP contribution < -0.4 is 0 Å². The summed E-state index contributed by atoms with van der Waals surface area (Å²) in [5, 5.41) is -0.334. The first kappa shape index (κ1) is 11.2. The minimum atomic E-state index is -0.921. The van der Waals surface area contributed by atoms with E-state index in [1.807, 2.05) is 13.8 Å². The fourth-order valence-corrected chi connectivity index (χ4v) is 1.09. The van der Waals surface area contributed by atoms with Crippen molar-refractivity contribution >= 4 is 29.0 Å². The Bertz CT molecular complexity index is 150. The van der Waals surface area contributed by atoms with E-state index < -0.39 is 4.87 Å². The summed E-state index contributed by atoms with van der Waals surface area (Å²) in [6.45, 7) is 7.04. The van der Waals surface area contributed by atoms with Gasteiger partial charge in [-0.15, -0.1) is 23.2 Å². The van der Waals surface area contributed by atoms with Gasteiger partial charge in [0.05, 0.1) is 5.38 Å². The van der Waals surface area contributed by atoms with E-state index in [-0.39, 0.29) is 17.1 Å². The van der Waals surface area contributed by atoms with Gasteiger partial charge in [0.2, 0.25) is 0 Å². The van der Waals surface area contributed by atoms with Crippen molar-refractivity contribution in [3.05, 3.63) is 0 Å². The number of halogens is 2. The molecule has 0 aliphatic rings. The van der Waals surface area contributed by atoms with Gasteiger partial charge >= 0.3 is 0 Å². The third-order valence-electron chi connectivity index (χ3n) is 1.75. The van der Waals surface area contributed by atoms with Crippen LogP contribution in [0.5, 0.6) is 0 Å². The molecule has 0 aliphatic carbocycles. The largest absolute Gasteiger partial charge is 0.297 e. The molecule has 0 fully saturated rings. The van der Waals surface area contributed by atoms with Gasteiger partial charge in [-0.2, -0.15) is 0 Å². The van der Waals surface area contributed by atoms with E-state index in [9.17, 15) is 4.79 Å². The smallest absolute Gasteiger partial charge is 0.157 e. The molecular formula is C8H14Cl2O. The summed E-state index contributed by atoms with van der Waals surface area (Å²) < 4.78 is 0. The molecule has 0 rings (SSSR count). The van der Waals surface area contributed by atoms with Gasteiger partial charge in [-0.25, -0.2) is 0 Å². The minimum absolute atomic E-state index is 0.00154. The van der Waals surface area contributed by atoms with Crippen LogP contribution in [0.15, 0.2) is 0 Å². The molecule has 0 N–H and O–H groups in total. The summed E-state index contributed by atoms with van der Waals surface area (Å²) in [6.07, 6.45) is 0. The highest BCUT2D eigenvalue weighted by Crippen LogP contribution is 2.27. The van der Waals surface area contributed by atoms with E-state index >= 15 is 0 Å². The maximum atomic E-state index is 11.4. The minimum Gasteiger partial charge on any atom is -0.297 e. The number of alkyl halides is 2. The number of ketones is 1. The van der Waals surface area contributed by atoms with Crippen molar-refractivity contribution in [1.82, 2.24) is 0 Å². The Morgan fingerprint density at radius 1 is 1.36 bits per heavy atom. The molecule has 0 unspecified atom stereocenters. The molecule has 66 valence electrons. The molecular weight excluding hydrogens is 183 g/mol. The average Bonchev–Trinajstić information content (AvgIpc) is 1.85. The lowest BCUT2D eigenvalue weighted by Gasteiger charge is -2.24. The second-order valence-corrected chi connectivity index (χ2v) is 4.65. The number of carbonyl (C=O) groups excluding carboxylic acids is 1.